The topological polar surface area (TPSA) is 63.7 Å². The molecule has 1 aromatic carbocycles. The van der Waals surface area contributed by atoms with Crippen molar-refractivity contribution in [2.45, 2.75) is 77.2 Å². The van der Waals surface area contributed by atoms with Crippen LogP contribution in [0.2, 0.25) is 0 Å². The van der Waals surface area contributed by atoms with Gasteiger partial charge in [-0.2, -0.15) is 0 Å². The van der Waals surface area contributed by atoms with Gasteiger partial charge in [-0.15, -0.1) is 0 Å². The summed E-state index contributed by atoms with van der Waals surface area (Å²) in [5, 5.41) is 0. The highest BCUT2D eigenvalue weighted by Gasteiger charge is 2.67. The van der Waals surface area contributed by atoms with E-state index in [2.05, 4.69) is 36.1 Å². The largest absolute Gasteiger partial charge is 0.451 e. The number of carbonyl (C=O) groups excluding carboxylic acids is 3. The number of hydrogen-bond donors (Lipinski definition) is 0. The van der Waals surface area contributed by atoms with Gasteiger partial charge in [0.1, 0.15) is 0 Å². The Kier molecular flexibility index (Phi) is 5.81. The number of nitrogens with zero attached hydrogens (tertiary/aromatic N) is 1. The van der Waals surface area contributed by atoms with Crippen LogP contribution in [-0.4, -0.2) is 37.2 Å². The molecule has 2 saturated carbocycles. The lowest BCUT2D eigenvalue weighted by Gasteiger charge is -2.55. The van der Waals surface area contributed by atoms with Gasteiger partial charge in [-0.05, 0) is 92.2 Å². The number of fused-ring (bicyclic) bond motifs is 4. The van der Waals surface area contributed by atoms with Crippen LogP contribution >= 0.6 is 0 Å². The third-order valence-electron chi connectivity index (χ3n) is 9.55. The summed E-state index contributed by atoms with van der Waals surface area (Å²) >= 11 is 0. The molecule has 5 rings (SSSR count). The van der Waals surface area contributed by atoms with E-state index in [1.54, 1.807) is 6.92 Å². The Morgan fingerprint density at radius 3 is 2.37 bits per heavy atom. The standard InChI is InChI=1S/C30H37NO4/c1-18(32)30(35-19(2)33)15-14-27-25-12-8-21-16-23(34)11-13-24(21)28(25)26(17-29(27,30)3)20-6-9-22(10-7-20)31(4)5/h6-7,9-10,16,25-27H,8,11-15,17H2,1-5H3/t25-,26+,27-,29-,30+/m0/s1. The molecular weight excluding hydrogens is 438 g/mol. The quantitative estimate of drug-likeness (QED) is 0.535. The number of benzene rings is 1. The van der Waals surface area contributed by atoms with E-state index in [1.807, 2.05) is 20.2 Å². The van der Waals surface area contributed by atoms with E-state index in [0.717, 1.165) is 37.8 Å². The lowest BCUT2D eigenvalue weighted by molar-refractivity contribution is -0.182. The van der Waals surface area contributed by atoms with Crippen LogP contribution in [-0.2, 0) is 19.1 Å². The predicted molar refractivity (Wildman–Crippen MR) is 136 cm³/mol. The molecule has 0 unspecified atom stereocenters. The van der Waals surface area contributed by atoms with Crippen LogP contribution in [0, 0.1) is 17.3 Å². The number of hydrogen-bond acceptors (Lipinski definition) is 5. The maximum Gasteiger partial charge on any atom is 0.303 e. The van der Waals surface area contributed by atoms with Crippen LogP contribution < -0.4 is 4.90 Å². The zero-order valence-electron chi connectivity index (χ0n) is 21.6. The van der Waals surface area contributed by atoms with Gasteiger partial charge in [-0.1, -0.05) is 24.6 Å². The number of allylic oxidation sites excluding steroid dienone is 4. The number of esters is 1. The molecule has 0 aliphatic heterocycles. The summed E-state index contributed by atoms with van der Waals surface area (Å²) in [6.07, 6.45) is 7.41. The number of ketones is 2. The van der Waals surface area contributed by atoms with Crippen LogP contribution in [0.25, 0.3) is 0 Å². The van der Waals surface area contributed by atoms with E-state index in [-0.39, 0.29) is 29.4 Å². The first kappa shape index (κ1) is 24.0. The van der Waals surface area contributed by atoms with E-state index in [4.69, 9.17) is 4.74 Å². The molecule has 35 heavy (non-hydrogen) atoms. The molecule has 4 aliphatic carbocycles. The van der Waals surface area contributed by atoms with Gasteiger partial charge in [0.15, 0.2) is 17.2 Å². The Morgan fingerprint density at radius 1 is 1.03 bits per heavy atom. The van der Waals surface area contributed by atoms with E-state index in [1.165, 1.54) is 29.2 Å². The molecule has 5 nitrogen and oxygen atoms in total. The molecule has 0 amide bonds. The van der Waals surface area contributed by atoms with E-state index >= 15 is 0 Å². The van der Waals surface area contributed by atoms with Gasteiger partial charge in [-0.25, -0.2) is 0 Å². The van der Waals surface area contributed by atoms with E-state index in [0.29, 0.717) is 18.8 Å². The molecule has 0 N–H and O–H groups in total. The van der Waals surface area contributed by atoms with Gasteiger partial charge in [0.2, 0.25) is 0 Å². The van der Waals surface area contributed by atoms with Crippen molar-refractivity contribution in [3.63, 3.8) is 0 Å². The lowest BCUT2D eigenvalue weighted by Crippen LogP contribution is -2.57. The van der Waals surface area contributed by atoms with Crippen molar-refractivity contribution in [2.75, 3.05) is 19.0 Å². The highest BCUT2D eigenvalue weighted by Crippen LogP contribution is 2.67. The Bertz CT molecular complexity index is 1140. The van der Waals surface area contributed by atoms with Crippen LogP contribution in [0.5, 0.6) is 0 Å². The molecule has 0 aromatic heterocycles. The normalized spacial score (nSPS) is 33.9. The summed E-state index contributed by atoms with van der Waals surface area (Å²) in [6, 6.07) is 8.76. The van der Waals surface area contributed by atoms with Crippen molar-refractivity contribution in [3.8, 4) is 0 Å². The minimum atomic E-state index is -1.07. The first-order chi connectivity index (χ1) is 16.6. The molecule has 5 atom stereocenters. The summed E-state index contributed by atoms with van der Waals surface area (Å²) in [4.78, 5) is 39.8. The highest BCUT2D eigenvalue weighted by atomic mass is 16.6. The Hall–Kier alpha value is -2.69. The summed E-state index contributed by atoms with van der Waals surface area (Å²) in [5.41, 5.74) is 4.98. The monoisotopic (exact) mass is 475 g/mol. The molecule has 5 heteroatoms. The van der Waals surface area contributed by atoms with Crippen LogP contribution in [0.1, 0.15) is 77.2 Å². The fraction of sp³-hybridized carbons (Fsp3) is 0.567. The average Bonchev–Trinajstić information content (AvgIpc) is 3.10. The SMILES string of the molecule is CC(=O)O[C@@]1(C(C)=O)CC[C@H]2[C@@H]3CCC4=CC(=O)CCC4=C3[C@@H](c3ccc(N(C)C)cc3)C[C@@]21C. The summed E-state index contributed by atoms with van der Waals surface area (Å²) < 4.78 is 6.00. The van der Waals surface area contributed by atoms with Crippen LogP contribution in [0.15, 0.2) is 47.1 Å². The van der Waals surface area contributed by atoms with Crippen molar-refractivity contribution in [1.29, 1.82) is 0 Å². The molecule has 0 saturated heterocycles. The fourth-order valence-corrected chi connectivity index (χ4v) is 8.02. The number of rotatable bonds is 4. The van der Waals surface area contributed by atoms with Gasteiger partial charge in [0.05, 0.1) is 0 Å². The Morgan fingerprint density at radius 2 is 1.74 bits per heavy atom. The zero-order chi connectivity index (χ0) is 25.1. The molecule has 4 aliphatic rings. The van der Waals surface area contributed by atoms with E-state index in [9.17, 15) is 14.4 Å². The van der Waals surface area contributed by atoms with Gasteiger partial charge in [-0.3, -0.25) is 14.4 Å². The van der Waals surface area contributed by atoms with Crippen LogP contribution in [0.3, 0.4) is 0 Å². The number of anilines is 1. The summed E-state index contributed by atoms with van der Waals surface area (Å²) in [7, 11) is 4.08. The second kappa shape index (κ2) is 8.46. The van der Waals surface area contributed by atoms with Crippen molar-refractivity contribution in [3.05, 3.63) is 52.6 Å². The zero-order valence-corrected chi connectivity index (χ0v) is 21.6. The van der Waals surface area contributed by atoms with Crippen molar-refractivity contribution >= 4 is 23.2 Å². The second-order valence-electron chi connectivity index (χ2n) is 11.5. The van der Waals surface area contributed by atoms with Crippen molar-refractivity contribution in [1.82, 2.24) is 0 Å². The second-order valence-corrected chi connectivity index (χ2v) is 11.5. The smallest absolute Gasteiger partial charge is 0.303 e. The lowest BCUT2D eigenvalue weighted by atomic mass is 9.50. The van der Waals surface area contributed by atoms with E-state index < -0.39 is 11.0 Å². The number of carbonyl (C=O) groups is 3. The first-order valence-electron chi connectivity index (χ1n) is 13.0. The van der Waals surface area contributed by atoms with Crippen LogP contribution in [0.4, 0.5) is 5.69 Å². The number of Topliss-reactive ketones (excluding diaryl/α,β-unsaturated/α-hetero) is 1. The summed E-state index contributed by atoms with van der Waals surface area (Å²) in [6.45, 7) is 5.22. The minimum Gasteiger partial charge on any atom is -0.451 e. The van der Waals surface area contributed by atoms with Gasteiger partial charge in [0.25, 0.3) is 0 Å². The molecule has 0 radical (unpaired) electrons. The van der Waals surface area contributed by atoms with Gasteiger partial charge >= 0.3 is 5.97 Å². The third kappa shape index (κ3) is 3.61. The Balaban J connectivity index is 1.68. The van der Waals surface area contributed by atoms with Crippen molar-refractivity contribution in [2.24, 2.45) is 17.3 Å². The molecule has 0 heterocycles. The minimum absolute atomic E-state index is 0.0323. The third-order valence-corrected chi connectivity index (χ3v) is 9.55. The Labute approximate surface area is 208 Å². The average molecular weight is 476 g/mol. The molecule has 186 valence electrons. The summed E-state index contributed by atoms with van der Waals surface area (Å²) in [5.74, 6) is 0.584. The maximum atomic E-state index is 13.2. The maximum absolute atomic E-state index is 13.2. The van der Waals surface area contributed by atoms with Gasteiger partial charge in [0, 0.05) is 44.5 Å². The molecule has 1 aromatic rings. The fourth-order valence-electron chi connectivity index (χ4n) is 8.02. The van der Waals surface area contributed by atoms with Gasteiger partial charge < -0.3 is 9.64 Å². The van der Waals surface area contributed by atoms with Crippen molar-refractivity contribution < 1.29 is 19.1 Å². The molecular formula is C30H37NO4. The number of ether oxygens (including phenoxy) is 1. The molecule has 0 bridgehead atoms. The highest BCUT2D eigenvalue weighted by molar-refractivity contribution is 5.93. The molecule has 2 fully saturated rings. The molecule has 0 spiro atoms. The first-order valence-corrected chi connectivity index (χ1v) is 13.0. The predicted octanol–water partition coefficient (Wildman–Crippen LogP) is 5.54.